The van der Waals surface area contributed by atoms with Crippen LogP contribution in [0.1, 0.15) is 83.3 Å². The molecule has 8 nitrogen and oxygen atoms in total. The Kier molecular flexibility index (Phi) is 14.3. The summed E-state index contributed by atoms with van der Waals surface area (Å²) < 4.78 is 7.65. The van der Waals surface area contributed by atoms with E-state index in [1.165, 1.54) is 19.0 Å². The quantitative estimate of drug-likeness (QED) is 0.170. The highest BCUT2D eigenvalue weighted by Gasteiger charge is 2.29. The number of unbranched alkanes of at least 4 members (excludes halogenated alkanes) is 1. The highest BCUT2D eigenvalue weighted by molar-refractivity contribution is 6.08. The van der Waals surface area contributed by atoms with E-state index in [4.69, 9.17) is 25.4 Å². The molecule has 3 rings (SSSR count). The highest BCUT2D eigenvalue weighted by Crippen LogP contribution is 2.31. The molecule has 8 heteroatoms. The smallest absolute Gasteiger partial charge is 0.253 e. The molecule has 0 saturated carbocycles. The lowest BCUT2D eigenvalue weighted by molar-refractivity contribution is 0.103. The van der Waals surface area contributed by atoms with Crippen LogP contribution in [0.2, 0.25) is 0 Å². The number of pyridine rings is 1. The fraction of sp³-hybridized carbons (Fsp3) is 0.436. The summed E-state index contributed by atoms with van der Waals surface area (Å²) in [5, 5.41) is 0. The summed E-state index contributed by atoms with van der Waals surface area (Å²) in [7, 11) is 1.78. The average molecular weight is 639 g/mol. The van der Waals surface area contributed by atoms with E-state index < -0.39 is 0 Å². The second kappa shape index (κ2) is 18.1. The van der Waals surface area contributed by atoms with E-state index in [-0.39, 0.29) is 17.0 Å². The minimum atomic E-state index is -0.0747. The van der Waals surface area contributed by atoms with Crippen LogP contribution in [-0.4, -0.2) is 53.1 Å². The molecule has 1 aliphatic heterocycles. The number of aromatic nitrogens is 3. The molecule has 2 aromatic heterocycles. The van der Waals surface area contributed by atoms with Gasteiger partial charge in [-0.3, -0.25) is 9.79 Å². The van der Waals surface area contributed by atoms with Gasteiger partial charge in [0, 0.05) is 56.1 Å². The highest BCUT2D eigenvalue weighted by atomic mass is 16.5. The van der Waals surface area contributed by atoms with E-state index in [1.807, 2.05) is 76.5 Å². The van der Waals surface area contributed by atoms with Crippen molar-refractivity contribution in [2.24, 2.45) is 23.2 Å². The Bertz CT molecular complexity index is 1590. The first kappa shape index (κ1) is 37.2. The summed E-state index contributed by atoms with van der Waals surface area (Å²) in [4.78, 5) is 29.6. The lowest BCUT2D eigenvalue weighted by Gasteiger charge is -2.38. The molecule has 3 heterocycles. The number of morpholine rings is 1. The van der Waals surface area contributed by atoms with Gasteiger partial charge in [0.2, 0.25) is 0 Å². The standard InChI is InChI=1S/C39H54N6O2/c1-9-13-17-30(15-11-3)35-27-47-20-19-45(35)37-32(22-31(16-12-4)33-21-29(5)38(46)44(8)26-33)25-42-36(43-37)34(23-40)24-41-28-39(6,7)18-14-10-2/h9,11-13,15-17,21-26,35H,10,14,18-20,27-28,40H2,1-8H3/b13-9-,15-11-,16-12-,30-17+,31-22+,34-23+,41-24?. The Hall–Kier alpha value is -4.30. The summed E-state index contributed by atoms with van der Waals surface area (Å²) in [5.74, 6) is 1.29. The van der Waals surface area contributed by atoms with Crippen LogP contribution in [0.5, 0.6) is 0 Å². The predicted molar refractivity (Wildman–Crippen MR) is 200 cm³/mol. The van der Waals surface area contributed by atoms with Crippen molar-refractivity contribution in [2.45, 2.75) is 73.8 Å². The molecule has 0 aromatic carbocycles. The Morgan fingerprint density at radius 3 is 2.60 bits per heavy atom. The van der Waals surface area contributed by atoms with Crippen molar-refractivity contribution in [3.05, 3.63) is 106 Å². The number of nitrogens with two attached hydrogens (primary N) is 1. The van der Waals surface area contributed by atoms with Crippen LogP contribution in [0.25, 0.3) is 17.2 Å². The molecule has 1 fully saturated rings. The van der Waals surface area contributed by atoms with Gasteiger partial charge in [-0.15, -0.1) is 0 Å². The maximum atomic E-state index is 12.5. The van der Waals surface area contributed by atoms with Crippen molar-refractivity contribution >= 4 is 29.3 Å². The summed E-state index contributed by atoms with van der Waals surface area (Å²) in [6.07, 6.45) is 27.0. The van der Waals surface area contributed by atoms with E-state index in [2.05, 4.69) is 43.9 Å². The van der Waals surface area contributed by atoms with Gasteiger partial charge in [0.15, 0.2) is 5.82 Å². The van der Waals surface area contributed by atoms with Gasteiger partial charge >= 0.3 is 0 Å². The fourth-order valence-electron chi connectivity index (χ4n) is 5.58. The van der Waals surface area contributed by atoms with Crippen LogP contribution in [-0.2, 0) is 11.8 Å². The fourth-order valence-corrected chi connectivity index (χ4v) is 5.58. The molecule has 1 saturated heterocycles. The first-order chi connectivity index (χ1) is 22.6. The number of nitrogens with zero attached hydrogens (tertiary/aromatic N) is 5. The summed E-state index contributed by atoms with van der Waals surface area (Å²) >= 11 is 0. The summed E-state index contributed by atoms with van der Waals surface area (Å²) in [6, 6.07) is 1.85. The van der Waals surface area contributed by atoms with Crippen molar-refractivity contribution in [1.82, 2.24) is 14.5 Å². The summed E-state index contributed by atoms with van der Waals surface area (Å²) in [5.41, 5.74) is 11.4. The van der Waals surface area contributed by atoms with E-state index in [0.717, 1.165) is 34.5 Å². The van der Waals surface area contributed by atoms with Gasteiger partial charge in [-0.2, -0.15) is 0 Å². The normalized spacial score (nSPS) is 17.3. The number of anilines is 1. The summed E-state index contributed by atoms with van der Waals surface area (Å²) in [6.45, 7) is 17.0. The molecule has 0 aliphatic carbocycles. The maximum Gasteiger partial charge on any atom is 0.253 e. The van der Waals surface area contributed by atoms with Gasteiger partial charge in [-0.25, -0.2) is 9.97 Å². The molecule has 0 radical (unpaired) electrons. The van der Waals surface area contributed by atoms with Crippen molar-refractivity contribution in [3.63, 3.8) is 0 Å². The molecule has 1 atom stereocenters. The second-order valence-corrected chi connectivity index (χ2v) is 12.7. The lowest BCUT2D eigenvalue weighted by Crippen LogP contribution is -2.47. The number of rotatable bonds is 14. The van der Waals surface area contributed by atoms with Gasteiger partial charge in [-0.05, 0) is 68.4 Å². The van der Waals surface area contributed by atoms with Crippen LogP contribution in [0.3, 0.4) is 0 Å². The molecule has 47 heavy (non-hydrogen) atoms. The van der Waals surface area contributed by atoms with Crippen molar-refractivity contribution in [1.29, 1.82) is 0 Å². The Morgan fingerprint density at radius 1 is 1.17 bits per heavy atom. The van der Waals surface area contributed by atoms with Gasteiger partial charge in [0.1, 0.15) is 5.82 Å². The topological polar surface area (TPSA) is 98.6 Å². The molecular weight excluding hydrogens is 584 g/mol. The number of ether oxygens (including phenoxy) is 1. The second-order valence-electron chi connectivity index (χ2n) is 12.7. The van der Waals surface area contributed by atoms with E-state index >= 15 is 0 Å². The van der Waals surface area contributed by atoms with Crippen LogP contribution in [0, 0.1) is 12.3 Å². The van der Waals surface area contributed by atoms with Crippen LogP contribution in [0.4, 0.5) is 5.82 Å². The third-order valence-electron chi connectivity index (χ3n) is 8.17. The molecule has 252 valence electrons. The zero-order chi connectivity index (χ0) is 34.4. The largest absolute Gasteiger partial charge is 0.404 e. The van der Waals surface area contributed by atoms with E-state index in [9.17, 15) is 4.79 Å². The molecule has 0 amide bonds. The predicted octanol–water partition coefficient (Wildman–Crippen LogP) is 7.47. The molecule has 1 unspecified atom stereocenters. The van der Waals surface area contributed by atoms with Crippen LogP contribution in [0.15, 0.2) is 82.6 Å². The zero-order valence-electron chi connectivity index (χ0n) is 29.7. The van der Waals surface area contributed by atoms with Crippen molar-refractivity contribution in [3.8, 4) is 0 Å². The number of aryl methyl sites for hydroxylation is 2. The first-order valence-corrected chi connectivity index (χ1v) is 16.7. The number of hydrogen-bond acceptors (Lipinski definition) is 7. The molecule has 0 spiro atoms. The van der Waals surface area contributed by atoms with Crippen molar-refractivity contribution < 1.29 is 4.74 Å². The minimum Gasteiger partial charge on any atom is -0.404 e. The third-order valence-corrected chi connectivity index (χ3v) is 8.17. The average Bonchev–Trinajstić information content (AvgIpc) is 3.06. The SMILES string of the molecule is C\C=C/C=C(\C=C/C)C1COCCN1c1nc(/C(C=NCC(C)(C)CCCC)=C/N)ncc1/C=C(\C=C/C)c1cc(C)c(=O)n(C)c1. The van der Waals surface area contributed by atoms with Crippen LogP contribution < -0.4 is 16.2 Å². The monoisotopic (exact) mass is 638 g/mol. The van der Waals surface area contributed by atoms with Crippen LogP contribution >= 0.6 is 0 Å². The van der Waals surface area contributed by atoms with E-state index in [0.29, 0.717) is 43.3 Å². The molecule has 2 aromatic rings. The molecular formula is C39H54N6O2. The maximum absolute atomic E-state index is 12.5. The Morgan fingerprint density at radius 2 is 1.94 bits per heavy atom. The first-order valence-electron chi connectivity index (χ1n) is 16.7. The molecule has 0 bridgehead atoms. The number of aliphatic imine (C=N–C) groups is 1. The van der Waals surface area contributed by atoms with Gasteiger partial charge in [-0.1, -0.05) is 76.1 Å². The Balaban J connectivity index is 2.22. The number of hydrogen-bond donors (Lipinski definition) is 1. The van der Waals surface area contributed by atoms with Crippen molar-refractivity contribution in [2.75, 3.05) is 31.2 Å². The molecule has 1 aliphatic rings. The van der Waals surface area contributed by atoms with Gasteiger partial charge in [0.05, 0.1) is 24.8 Å². The number of allylic oxidation sites excluding steroid dienone is 8. The zero-order valence-corrected chi connectivity index (χ0v) is 29.7. The minimum absolute atomic E-state index is 0.0148. The Labute approximate surface area is 281 Å². The third kappa shape index (κ3) is 10.3. The molecule has 2 N–H and O–H groups in total. The van der Waals surface area contributed by atoms with Gasteiger partial charge in [0.25, 0.3) is 5.56 Å². The van der Waals surface area contributed by atoms with E-state index in [1.54, 1.807) is 17.8 Å². The van der Waals surface area contributed by atoms with Gasteiger partial charge < -0.3 is 19.9 Å². The lowest BCUT2D eigenvalue weighted by atomic mass is 9.87.